The third-order valence-corrected chi connectivity index (χ3v) is 4.12. The minimum absolute atomic E-state index is 0.172. The van der Waals surface area contributed by atoms with Crippen LogP contribution in [0.5, 0.6) is 0 Å². The van der Waals surface area contributed by atoms with Crippen molar-refractivity contribution in [3.05, 3.63) is 28.8 Å². The summed E-state index contributed by atoms with van der Waals surface area (Å²) in [6.07, 6.45) is -1.44. The zero-order chi connectivity index (χ0) is 15.5. The lowest BCUT2D eigenvalue weighted by Gasteiger charge is -2.17. The predicted octanol–water partition coefficient (Wildman–Crippen LogP) is 0.324. The summed E-state index contributed by atoms with van der Waals surface area (Å²) in [6.45, 7) is 1.13. The molecule has 0 saturated heterocycles. The monoisotopic (exact) mass is 318 g/mol. The number of aliphatic hydroxyl groups excluding tert-OH is 1. The molecule has 0 aliphatic carbocycles. The number of carbonyl (C=O) groups is 1. The van der Waals surface area contributed by atoms with E-state index in [-0.39, 0.29) is 10.6 Å². The van der Waals surface area contributed by atoms with E-state index in [9.17, 15) is 18.3 Å². The highest BCUT2D eigenvalue weighted by atomic mass is 35.5. The van der Waals surface area contributed by atoms with Gasteiger partial charge in [0.1, 0.15) is 12.1 Å². The molecule has 0 fully saturated rings. The number of rotatable bonds is 5. The number of hydrogen-bond acceptors (Lipinski definition) is 5. The molecule has 9 heteroatoms. The Labute approximate surface area is 120 Å². The molecule has 0 saturated carbocycles. The van der Waals surface area contributed by atoms with Crippen molar-refractivity contribution in [3.8, 4) is 6.07 Å². The number of nitriles is 1. The minimum Gasteiger partial charge on any atom is -0.480 e. The third-order valence-electron chi connectivity index (χ3n) is 2.38. The minimum atomic E-state index is -4.28. The van der Waals surface area contributed by atoms with E-state index in [2.05, 4.69) is 0 Å². The largest absolute Gasteiger partial charge is 0.480 e. The molecule has 20 heavy (non-hydrogen) atoms. The highest BCUT2D eigenvalue weighted by molar-refractivity contribution is 7.89. The Hall–Kier alpha value is -1.66. The van der Waals surface area contributed by atoms with Gasteiger partial charge in [-0.05, 0) is 25.1 Å². The van der Waals surface area contributed by atoms with Crippen molar-refractivity contribution >= 4 is 27.6 Å². The molecule has 3 N–H and O–H groups in total. The SMILES string of the molecule is C[C@H](O)[C@@H](NS(=O)(=O)c1ccc(Cl)cc1C#N)C(=O)O. The average molecular weight is 319 g/mol. The van der Waals surface area contributed by atoms with E-state index in [4.69, 9.17) is 22.0 Å². The van der Waals surface area contributed by atoms with Gasteiger partial charge >= 0.3 is 5.97 Å². The Morgan fingerprint density at radius 3 is 2.55 bits per heavy atom. The first kappa shape index (κ1) is 16.4. The van der Waals surface area contributed by atoms with Gasteiger partial charge in [0.25, 0.3) is 0 Å². The summed E-state index contributed by atoms with van der Waals surface area (Å²) < 4.78 is 26.0. The molecule has 7 nitrogen and oxygen atoms in total. The van der Waals surface area contributed by atoms with Crippen LogP contribution in [0.1, 0.15) is 12.5 Å². The third kappa shape index (κ3) is 3.68. The number of nitrogens with one attached hydrogen (secondary N) is 1. The van der Waals surface area contributed by atoms with Crippen LogP contribution < -0.4 is 4.72 Å². The smallest absolute Gasteiger partial charge is 0.324 e. The van der Waals surface area contributed by atoms with Crippen LogP contribution in [-0.2, 0) is 14.8 Å². The van der Waals surface area contributed by atoms with Crippen LogP contribution in [0.2, 0.25) is 5.02 Å². The highest BCUT2D eigenvalue weighted by Gasteiger charge is 2.30. The second kappa shape index (κ2) is 6.19. The first-order valence-corrected chi connectivity index (χ1v) is 7.18. The Morgan fingerprint density at radius 2 is 2.10 bits per heavy atom. The summed E-state index contributed by atoms with van der Waals surface area (Å²) in [4.78, 5) is 10.5. The number of carboxylic acids is 1. The Morgan fingerprint density at radius 1 is 1.50 bits per heavy atom. The topological polar surface area (TPSA) is 127 Å². The van der Waals surface area contributed by atoms with Gasteiger partial charge in [0.2, 0.25) is 10.0 Å². The molecule has 0 aromatic heterocycles. The van der Waals surface area contributed by atoms with Gasteiger partial charge in [-0.2, -0.15) is 9.98 Å². The van der Waals surface area contributed by atoms with Crippen LogP contribution in [0.15, 0.2) is 23.1 Å². The van der Waals surface area contributed by atoms with Crippen molar-refractivity contribution < 1.29 is 23.4 Å². The molecule has 0 bridgehead atoms. The van der Waals surface area contributed by atoms with Crippen LogP contribution in [0, 0.1) is 11.3 Å². The fourth-order valence-corrected chi connectivity index (χ4v) is 2.98. The maximum Gasteiger partial charge on any atom is 0.324 e. The van der Waals surface area contributed by atoms with Crippen molar-refractivity contribution in [2.24, 2.45) is 0 Å². The maximum absolute atomic E-state index is 12.1. The van der Waals surface area contributed by atoms with Crippen molar-refractivity contribution in [1.82, 2.24) is 4.72 Å². The zero-order valence-electron chi connectivity index (χ0n) is 10.2. The van der Waals surface area contributed by atoms with E-state index in [0.717, 1.165) is 19.1 Å². The summed E-state index contributed by atoms with van der Waals surface area (Å²) in [5.74, 6) is -1.53. The summed E-state index contributed by atoms with van der Waals surface area (Å²) in [7, 11) is -4.28. The van der Waals surface area contributed by atoms with E-state index < -0.39 is 33.0 Å². The first-order valence-electron chi connectivity index (χ1n) is 5.32. The van der Waals surface area contributed by atoms with Gasteiger partial charge in [0.15, 0.2) is 0 Å². The van der Waals surface area contributed by atoms with Gasteiger partial charge in [-0.15, -0.1) is 0 Å². The van der Waals surface area contributed by atoms with Gasteiger partial charge in [-0.25, -0.2) is 8.42 Å². The second-order valence-electron chi connectivity index (χ2n) is 3.93. The molecule has 1 rings (SSSR count). The van der Waals surface area contributed by atoms with Crippen molar-refractivity contribution in [3.63, 3.8) is 0 Å². The van der Waals surface area contributed by atoms with Crippen LogP contribution in [-0.4, -0.2) is 36.7 Å². The molecule has 2 atom stereocenters. The van der Waals surface area contributed by atoms with Gasteiger partial charge in [0.05, 0.1) is 16.6 Å². The van der Waals surface area contributed by atoms with Crippen molar-refractivity contribution in [2.75, 3.05) is 0 Å². The van der Waals surface area contributed by atoms with Crippen molar-refractivity contribution in [1.29, 1.82) is 5.26 Å². The molecule has 0 amide bonds. The molecule has 0 radical (unpaired) electrons. The summed E-state index contributed by atoms with van der Waals surface area (Å²) in [6, 6.07) is 3.43. The average Bonchev–Trinajstić information content (AvgIpc) is 2.34. The zero-order valence-corrected chi connectivity index (χ0v) is 11.8. The molecular formula is C11H11ClN2O5S. The van der Waals surface area contributed by atoms with Crippen LogP contribution in [0.3, 0.4) is 0 Å². The number of halogens is 1. The molecule has 1 aromatic rings. The molecule has 0 heterocycles. The molecule has 0 spiro atoms. The quantitative estimate of drug-likeness (QED) is 0.717. The molecule has 108 valence electrons. The van der Waals surface area contributed by atoms with Gasteiger partial charge in [0, 0.05) is 5.02 Å². The predicted molar refractivity (Wildman–Crippen MR) is 69.6 cm³/mol. The van der Waals surface area contributed by atoms with Gasteiger partial charge in [-0.3, -0.25) is 4.79 Å². The van der Waals surface area contributed by atoms with Crippen LogP contribution >= 0.6 is 11.6 Å². The van der Waals surface area contributed by atoms with E-state index in [0.29, 0.717) is 0 Å². The molecular weight excluding hydrogens is 308 g/mol. The number of nitrogens with zero attached hydrogens (tertiary/aromatic N) is 1. The number of sulfonamides is 1. The summed E-state index contributed by atoms with van der Waals surface area (Å²) >= 11 is 5.65. The number of aliphatic carboxylic acids is 1. The van der Waals surface area contributed by atoms with Gasteiger partial charge in [-0.1, -0.05) is 11.6 Å². The maximum atomic E-state index is 12.1. The molecule has 0 aliphatic rings. The van der Waals surface area contributed by atoms with E-state index in [1.165, 1.54) is 6.07 Å². The number of aliphatic hydroxyl groups is 1. The van der Waals surface area contributed by atoms with E-state index in [1.807, 2.05) is 4.72 Å². The molecule has 0 aliphatic heterocycles. The van der Waals surface area contributed by atoms with E-state index >= 15 is 0 Å². The first-order chi connectivity index (χ1) is 9.19. The standard InChI is InChI=1S/C11H11ClN2O5S/c1-6(15)10(11(16)17)14-20(18,19)9-3-2-8(12)4-7(9)5-13/h2-4,6,10,14-15H,1H3,(H,16,17)/t6-,10+/m0/s1. The lowest BCUT2D eigenvalue weighted by atomic mass is 10.2. The normalized spacial score (nSPS) is 14.3. The number of benzene rings is 1. The Bertz CT molecular complexity index is 666. The fourth-order valence-electron chi connectivity index (χ4n) is 1.41. The van der Waals surface area contributed by atoms with Gasteiger partial charge < -0.3 is 10.2 Å². The Kier molecular flexibility index (Phi) is 5.08. The Balaban J connectivity index is 3.25. The van der Waals surface area contributed by atoms with Crippen molar-refractivity contribution in [2.45, 2.75) is 24.0 Å². The van der Waals surface area contributed by atoms with Crippen LogP contribution in [0.4, 0.5) is 0 Å². The molecule has 0 unspecified atom stereocenters. The number of carboxylic acid groups (broad SMARTS) is 1. The number of hydrogen-bond donors (Lipinski definition) is 3. The lowest BCUT2D eigenvalue weighted by Crippen LogP contribution is -2.47. The second-order valence-corrected chi connectivity index (χ2v) is 6.05. The fraction of sp³-hybridized carbons (Fsp3) is 0.273. The lowest BCUT2D eigenvalue weighted by molar-refractivity contribution is -0.141. The highest BCUT2D eigenvalue weighted by Crippen LogP contribution is 2.20. The summed E-state index contributed by atoms with van der Waals surface area (Å²) in [5.41, 5.74) is -0.222. The van der Waals surface area contributed by atoms with E-state index in [1.54, 1.807) is 6.07 Å². The molecule has 1 aromatic carbocycles. The summed E-state index contributed by atoms with van der Waals surface area (Å²) in [5, 5.41) is 27.2. The van der Waals surface area contributed by atoms with Crippen LogP contribution in [0.25, 0.3) is 0 Å².